The second-order valence-corrected chi connectivity index (χ2v) is 11.7. The fourth-order valence-corrected chi connectivity index (χ4v) is 5.51. The van der Waals surface area contributed by atoms with Crippen molar-refractivity contribution in [2.45, 2.75) is 50.8 Å². The number of fused-ring (bicyclic) bond motifs is 1. The summed E-state index contributed by atoms with van der Waals surface area (Å²) < 4.78 is 28.4. The van der Waals surface area contributed by atoms with Crippen molar-refractivity contribution in [2.24, 2.45) is 0 Å². The van der Waals surface area contributed by atoms with Gasteiger partial charge in [0.05, 0.1) is 33.2 Å². The van der Waals surface area contributed by atoms with Crippen LogP contribution in [-0.2, 0) is 45.4 Å². The molecule has 0 fully saturated rings. The number of aldehydes is 1. The lowest BCUT2D eigenvalue weighted by molar-refractivity contribution is -0.109. The van der Waals surface area contributed by atoms with Crippen molar-refractivity contribution in [2.75, 3.05) is 19.9 Å². The van der Waals surface area contributed by atoms with Gasteiger partial charge in [-0.3, -0.25) is 4.79 Å². The van der Waals surface area contributed by atoms with Gasteiger partial charge in [-0.2, -0.15) is 0 Å². The molecule has 1 aliphatic rings. The van der Waals surface area contributed by atoms with Crippen LogP contribution in [0.3, 0.4) is 0 Å². The van der Waals surface area contributed by atoms with Gasteiger partial charge < -0.3 is 20.2 Å². The van der Waals surface area contributed by atoms with Gasteiger partial charge in [-0.1, -0.05) is 79.5 Å². The van der Waals surface area contributed by atoms with E-state index in [1.807, 2.05) is 44.2 Å². The molecule has 0 aromatic heterocycles. The first-order valence-electron chi connectivity index (χ1n) is 12.9. The van der Waals surface area contributed by atoms with Crippen molar-refractivity contribution in [3.8, 4) is 0 Å². The van der Waals surface area contributed by atoms with E-state index in [0.29, 0.717) is 36.4 Å². The van der Waals surface area contributed by atoms with Crippen LogP contribution in [-0.4, -0.2) is 46.6 Å². The summed E-state index contributed by atoms with van der Waals surface area (Å²) in [5.41, 5.74) is 3.81. The molecule has 3 aromatic carbocycles. The first kappa shape index (κ1) is 33.5. The van der Waals surface area contributed by atoms with Crippen molar-refractivity contribution >= 4 is 45.2 Å². The Bertz CT molecular complexity index is 1380. The molecule has 1 aliphatic heterocycles. The molecular formula is C30H36Cl2N2O5S. The van der Waals surface area contributed by atoms with E-state index in [9.17, 15) is 18.0 Å². The summed E-state index contributed by atoms with van der Waals surface area (Å²) in [4.78, 5) is 24.5. The van der Waals surface area contributed by atoms with Crippen molar-refractivity contribution in [3.05, 3.63) is 98.5 Å². The SMILES string of the molecule is CC.COCc1ccccc1.CS(=O)(=O)c1cccc(CC(C=O)NC(=O)c2c(Cl)cc3c(c2Cl)CCNC3)c1. The molecule has 4 rings (SSSR count). The smallest absolute Gasteiger partial charge is 0.254 e. The third kappa shape index (κ3) is 9.71. The van der Waals surface area contributed by atoms with Crippen molar-refractivity contribution in [1.82, 2.24) is 10.6 Å². The molecule has 10 heteroatoms. The summed E-state index contributed by atoms with van der Waals surface area (Å²) >= 11 is 12.7. The summed E-state index contributed by atoms with van der Waals surface area (Å²) in [7, 11) is -1.67. The van der Waals surface area contributed by atoms with Crippen LogP contribution in [0.2, 0.25) is 10.0 Å². The van der Waals surface area contributed by atoms with E-state index in [0.717, 1.165) is 23.9 Å². The van der Waals surface area contributed by atoms with Gasteiger partial charge in [0.25, 0.3) is 5.91 Å². The third-order valence-electron chi connectivity index (χ3n) is 5.92. The number of hydrogen-bond acceptors (Lipinski definition) is 6. The Morgan fingerprint density at radius 2 is 1.75 bits per heavy atom. The van der Waals surface area contributed by atoms with Crippen LogP contribution in [0.5, 0.6) is 0 Å². The maximum atomic E-state index is 12.8. The van der Waals surface area contributed by atoms with Gasteiger partial charge in [0, 0.05) is 19.9 Å². The highest BCUT2D eigenvalue weighted by Gasteiger charge is 2.24. The number of amides is 1. The average molecular weight is 608 g/mol. The number of sulfone groups is 1. The second-order valence-electron chi connectivity index (χ2n) is 8.87. The summed E-state index contributed by atoms with van der Waals surface area (Å²) in [6.07, 6.45) is 2.54. The Morgan fingerprint density at radius 3 is 2.38 bits per heavy atom. The molecule has 40 heavy (non-hydrogen) atoms. The molecule has 3 aromatic rings. The van der Waals surface area contributed by atoms with Gasteiger partial charge in [-0.05, 0) is 59.8 Å². The zero-order valence-electron chi connectivity index (χ0n) is 23.2. The largest absolute Gasteiger partial charge is 0.380 e. The number of hydrogen-bond donors (Lipinski definition) is 2. The van der Waals surface area contributed by atoms with Gasteiger partial charge in [-0.25, -0.2) is 8.42 Å². The highest BCUT2D eigenvalue weighted by Crippen LogP contribution is 2.33. The van der Waals surface area contributed by atoms with Crippen LogP contribution in [0, 0.1) is 0 Å². The maximum Gasteiger partial charge on any atom is 0.254 e. The molecule has 0 saturated carbocycles. The summed E-state index contributed by atoms with van der Waals surface area (Å²) in [6, 6.07) is 17.2. The number of methoxy groups -OCH3 is 1. The lowest BCUT2D eigenvalue weighted by Gasteiger charge is -2.22. The molecule has 0 saturated heterocycles. The van der Waals surface area contributed by atoms with Crippen molar-refractivity contribution in [1.29, 1.82) is 0 Å². The molecule has 1 atom stereocenters. The van der Waals surface area contributed by atoms with Crippen LogP contribution in [0.25, 0.3) is 0 Å². The van der Waals surface area contributed by atoms with Crippen LogP contribution < -0.4 is 10.6 Å². The number of halogens is 2. The predicted octanol–water partition coefficient (Wildman–Crippen LogP) is 5.44. The normalized spacial score (nSPS) is 12.9. The molecule has 216 valence electrons. The lowest BCUT2D eigenvalue weighted by Crippen LogP contribution is -2.38. The number of benzene rings is 3. The van der Waals surface area contributed by atoms with Gasteiger partial charge in [0.2, 0.25) is 0 Å². The molecule has 0 spiro atoms. The first-order valence-corrected chi connectivity index (χ1v) is 15.6. The topological polar surface area (TPSA) is 102 Å². The number of ether oxygens (including phenoxy) is 1. The minimum absolute atomic E-state index is 0.142. The van der Waals surface area contributed by atoms with Crippen LogP contribution in [0.15, 0.2) is 65.6 Å². The van der Waals surface area contributed by atoms with Gasteiger partial charge in [0.15, 0.2) is 9.84 Å². The fraction of sp³-hybridized carbons (Fsp3) is 0.333. The molecular weight excluding hydrogens is 571 g/mol. The Morgan fingerprint density at radius 1 is 1.07 bits per heavy atom. The lowest BCUT2D eigenvalue weighted by atomic mass is 9.97. The molecule has 1 amide bonds. The fourth-order valence-electron chi connectivity index (χ4n) is 4.05. The Labute approximate surface area is 247 Å². The average Bonchev–Trinajstić information content (AvgIpc) is 2.94. The van der Waals surface area contributed by atoms with Crippen LogP contribution in [0.1, 0.15) is 46.5 Å². The molecule has 2 N–H and O–H groups in total. The Kier molecular flexibility index (Phi) is 13.8. The molecule has 7 nitrogen and oxygen atoms in total. The van der Waals surface area contributed by atoms with Gasteiger partial charge in [0.1, 0.15) is 6.29 Å². The molecule has 0 bridgehead atoms. The highest BCUT2D eigenvalue weighted by molar-refractivity contribution is 7.90. The molecule has 0 radical (unpaired) electrons. The third-order valence-corrected chi connectivity index (χ3v) is 7.75. The van der Waals surface area contributed by atoms with Gasteiger partial charge in [-0.15, -0.1) is 0 Å². The van der Waals surface area contributed by atoms with Crippen molar-refractivity contribution in [3.63, 3.8) is 0 Å². The number of rotatable bonds is 8. The Hall–Kier alpha value is -2.75. The summed E-state index contributed by atoms with van der Waals surface area (Å²) in [5, 5.41) is 6.38. The monoisotopic (exact) mass is 606 g/mol. The summed E-state index contributed by atoms with van der Waals surface area (Å²) in [6.45, 7) is 6.09. The number of carbonyl (C=O) groups is 2. The van der Waals surface area contributed by atoms with Gasteiger partial charge >= 0.3 is 0 Å². The van der Waals surface area contributed by atoms with E-state index in [4.69, 9.17) is 27.9 Å². The van der Waals surface area contributed by atoms with Crippen molar-refractivity contribution < 1.29 is 22.7 Å². The van der Waals surface area contributed by atoms with E-state index in [-0.39, 0.29) is 21.9 Å². The first-order chi connectivity index (χ1) is 19.1. The van der Waals surface area contributed by atoms with Crippen LogP contribution in [0.4, 0.5) is 0 Å². The predicted molar refractivity (Wildman–Crippen MR) is 161 cm³/mol. The highest BCUT2D eigenvalue weighted by atomic mass is 35.5. The number of nitrogens with one attached hydrogen (secondary N) is 2. The Balaban J connectivity index is 0.000000428. The van der Waals surface area contributed by atoms with E-state index in [1.54, 1.807) is 25.3 Å². The van der Waals surface area contributed by atoms with E-state index < -0.39 is 21.8 Å². The standard InChI is InChI=1S/C20H20Cl2N2O4S.C8H10O.C2H6/c1-29(27,28)15-4-2-3-12(8-15)7-14(11-25)24-20(26)18-17(21)9-13-10-23-6-5-16(13)19(18)22;1-9-7-8-5-3-2-4-6-8;1-2/h2-4,8-9,11,14,23H,5-7,10H2,1H3,(H,24,26);2-6H,7H2,1H3;1-2H3. The minimum atomic E-state index is -3.37. The van der Waals surface area contributed by atoms with Crippen LogP contribution >= 0.6 is 23.2 Å². The van der Waals surface area contributed by atoms with E-state index in [2.05, 4.69) is 10.6 Å². The second kappa shape index (κ2) is 16.5. The minimum Gasteiger partial charge on any atom is -0.380 e. The summed E-state index contributed by atoms with van der Waals surface area (Å²) in [5.74, 6) is -0.544. The zero-order valence-corrected chi connectivity index (χ0v) is 25.5. The molecule has 0 aliphatic carbocycles. The van der Waals surface area contributed by atoms with E-state index in [1.165, 1.54) is 17.7 Å². The quantitative estimate of drug-likeness (QED) is 0.331. The van der Waals surface area contributed by atoms with E-state index >= 15 is 0 Å². The maximum absolute atomic E-state index is 12.8. The molecule has 1 heterocycles. The number of carbonyl (C=O) groups excluding carboxylic acids is 2. The zero-order chi connectivity index (χ0) is 29.7. The molecule has 1 unspecified atom stereocenters.